The Labute approximate surface area is 94.1 Å². The maximum Gasteiger partial charge on any atom is 0.221 e. The Bertz CT molecular complexity index is 311. The fourth-order valence-electron chi connectivity index (χ4n) is 1.18. The van der Waals surface area contributed by atoms with E-state index in [0.29, 0.717) is 13.0 Å². The van der Waals surface area contributed by atoms with Crippen molar-refractivity contribution in [1.29, 1.82) is 0 Å². The number of aromatic nitrogens is 1. The van der Waals surface area contributed by atoms with Crippen LogP contribution in [0.5, 0.6) is 0 Å². The van der Waals surface area contributed by atoms with Crippen LogP contribution >= 0.6 is 11.3 Å². The highest BCUT2D eigenvalue weighted by atomic mass is 32.1. The number of nitrogens with one attached hydrogen (secondary N) is 2. The van der Waals surface area contributed by atoms with Crippen LogP contribution in [0.3, 0.4) is 0 Å². The smallest absolute Gasteiger partial charge is 0.221 e. The van der Waals surface area contributed by atoms with E-state index >= 15 is 0 Å². The topological polar surface area (TPSA) is 54.0 Å². The fraction of sp³-hybridized carbons (Fsp3) is 0.600. The van der Waals surface area contributed by atoms with E-state index in [1.165, 1.54) is 0 Å². The molecule has 1 aromatic heterocycles. The monoisotopic (exact) mass is 227 g/mol. The zero-order chi connectivity index (χ0) is 11.1. The van der Waals surface area contributed by atoms with E-state index in [4.69, 9.17) is 0 Å². The van der Waals surface area contributed by atoms with E-state index in [2.05, 4.69) is 15.6 Å². The summed E-state index contributed by atoms with van der Waals surface area (Å²) in [6.45, 7) is 3.38. The summed E-state index contributed by atoms with van der Waals surface area (Å²) >= 11 is 1.64. The minimum Gasteiger partial charge on any atom is -0.356 e. The van der Waals surface area contributed by atoms with Crippen LogP contribution in [0.25, 0.3) is 0 Å². The molecule has 1 rings (SSSR count). The van der Waals surface area contributed by atoms with Crippen LogP contribution in [-0.2, 0) is 11.2 Å². The molecule has 5 heteroatoms. The summed E-state index contributed by atoms with van der Waals surface area (Å²) in [6, 6.07) is 0. The third-order valence-corrected chi connectivity index (χ3v) is 2.79. The van der Waals surface area contributed by atoms with E-state index in [1.807, 2.05) is 19.4 Å². The SMILES string of the molecule is CNCCC(=O)NCCc1csc(C)n1. The highest BCUT2D eigenvalue weighted by Crippen LogP contribution is 2.07. The molecule has 0 aliphatic heterocycles. The Balaban J connectivity index is 2.13. The molecule has 0 saturated carbocycles. The summed E-state index contributed by atoms with van der Waals surface area (Å²) in [5.41, 5.74) is 1.06. The maximum atomic E-state index is 11.2. The van der Waals surface area contributed by atoms with Gasteiger partial charge in [0.2, 0.25) is 5.91 Å². The van der Waals surface area contributed by atoms with Crippen LogP contribution in [0.4, 0.5) is 0 Å². The van der Waals surface area contributed by atoms with Gasteiger partial charge < -0.3 is 10.6 Å². The molecule has 1 aromatic rings. The number of rotatable bonds is 6. The van der Waals surface area contributed by atoms with Crippen LogP contribution < -0.4 is 10.6 Å². The van der Waals surface area contributed by atoms with E-state index in [9.17, 15) is 4.79 Å². The fourth-order valence-corrected chi connectivity index (χ4v) is 1.83. The molecule has 4 nitrogen and oxygen atoms in total. The summed E-state index contributed by atoms with van der Waals surface area (Å²) in [5, 5.41) is 8.91. The Hall–Kier alpha value is -0.940. The summed E-state index contributed by atoms with van der Waals surface area (Å²) in [4.78, 5) is 15.6. The molecule has 0 aliphatic rings. The minimum atomic E-state index is 0.0938. The lowest BCUT2D eigenvalue weighted by Gasteiger charge is -2.03. The standard InChI is InChI=1S/C10H17N3OS/c1-8-13-9(7-15-8)3-6-12-10(14)4-5-11-2/h7,11H,3-6H2,1-2H3,(H,12,14). The Morgan fingerprint density at radius 1 is 1.53 bits per heavy atom. The minimum absolute atomic E-state index is 0.0938. The van der Waals surface area contributed by atoms with Crippen molar-refractivity contribution in [1.82, 2.24) is 15.6 Å². The van der Waals surface area contributed by atoms with Crippen molar-refractivity contribution in [2.45, 2.75) is 19.8 Å². The van der Waals surface area contributed by atoms with Gasteiger partial charge in [-0.1, -0.05) is 0 Å². The lowest BCUT2D eigenvalue weighted by molar-refractivity contribution is -0.120. The average molecular weight is 227 g/mol. The number of aryl methyl sites for hydroxylation is 1. The molecule has 0 aromatic carbocycles. The van der Waals surface area contributed by atoms with Gasteiger partial charge in [-0.25, -0.2) is 4.98 Å². The third kappa shape index (κ3) is 4.90. The molecule has 0 saturated heterocycles. The molecule has 84 valence electrons. The molecule has 15 heavy (non-hydrogen) atoms. The number of amides is 1. The first kappa shape index (κ1) is 12.1. The number of hydrogen-bond donors (Lipinski definition) is 2. The normalized spacial score (nSPS) is 10.3. The van der Waals surface area contributed by atoms with Crippen molar-refractivity contribution in [2.75, 3.05) is 20.1 Å². The number of carbonyl (C=O) groups excluding carboxylic acids is 1. The van der Waals surface area contributed by atoms with Gasteiger partial charge in [0.05, 0.1) is 10.7 Å². The van der Waals surface area contributed by atoms with Gasteiger partial charge >= 0.3 is 0 Å². The maximum absolute atomic E-state index is 11.2. The first-order valence-electron chi connectivity index (χ1n) is 5.04. The van der Waals surface area contributed by atoms with Gasteiger partial charge in [-0.3, -0.25) is 4.79 Å². The molecule has 1 amide bonds. The Morgan fingerprint density at radius 2 is 2.33 bits per heavy atom. The van der Waals surface area contributed by atoms with Crippen molar-refractivity contribution in [2.24, 2.45) is 0 Å². The van der Waals surface area contributed by atoms with Gasteiger partial charge in [0.1, 0.15) is 0 Å². The lowest BCUT2D eigenvalue weighted by Crippen LogP contribution is -2.28. The predicted molar refractivity (Wildman–Crippen MR) is 62.1 cm³/mol. The first-order chi connectivity index (χ1) is 7.22. The van der Waals surface area contributed by atoms with Gasteiger partial charge in [-0.2, -0.15) is 0 Å². The molecule has 0 unspecified atom stereocenters. The second-order valence-electron chi connectivity index (χ2n) is 3.31. The zero-order valence-corrected chi connectivity index (χ0v) is 9.99. The second-order valence-corrected chi connectivity index (χ2v) is 4.37. The van der Waals surface area contributed by atoms with Crippen LogP contribution in [0.1, 0.15) is 17.1 Å². The van der Waals surface area contributed by atoms with Crippen LogP contribution in [0.2, 0.25) is 0 Å². The van der Waals surface area contributed by atoms with Crippen LogP contribution in [0, 0.1) is 6.92 Å². The van der Waals surface area contributed by atoms with Gasteiger partial charge in [0, 0.05) is 31.3 Å². The molecule has 0 aliphatic carbocycles. The van der Waals surface area contributed by atoms with E-state index in [-0.39, 0.29) is 5.91 Å². The highest BCUT2D eigenvalue weighted by Gasteiger charge is 2.01. The molecule has 0 bridgehead atoms. The van der Waals surface area contributed by atoms with Crippen molar-refractivity contribution in [3.63, 3.8) is 0 Å². The predicted octanol–water partition coefficient (Wildman–Crippen LogP) is 0.720. The molecule has 1 heterocycles. The Morgan fingerprint density at radius 3 is 2.93 bits per heavy atom. The van der Waals surface area contributed by atoms with Crippen molar-refractivity contribution in [3.05, 3.63) is 16.1 Å². The molecule has 0 fully saturated rings. The van der Waals surface area contributed by atoms with E-state index in [0.717, 1.165) is 23.7 Å². The zero-order valence-electron chi connectivity index (χ0n) is 9.17. The van der Waals surface area contributed by atoms with E-state index in [1.54, 1.807) is 11.3 Å². The number of thiazole rings is 1. The van der Waals surface area contributed by atoms with Crippen LogP contribution in [-0.4, -0.2) is 31.0 Å². The number of carbonyl (C=O) groups is 1. The average Bonchev–Trinajstić information content (AvgIpc) is 2.61. The summed E-state index contributed by atoms with van der Waals surface area (Å²) in [7, 11) is 1.84. The van der Waals surface area contributed by atoms with Gasteiger partial charge in [0.25, 0.3) is 0 Å². The first-order valence-corrected chi connectivity index (χ1v) is 5.92. The Kier molecular flexibility index (Phi) is 5.28. The summed E-state index contributed by atoms with van der Waals surface area (Å²) < 4.78 is 0. The molecular formula is C10H17N3OS. The summed E-state index contributed by atoms with van der Waals surface area (Å²) in [6.07, 6.45) is 1.35. The molecule has 2 N–H and O–H groups in total. The quantitative estimate of drug-likeness (QED) is 0.753. The second kappa shape index (κ2) is 6.53. The lowest BCUT2D eigenvalue weighted by atomic mass is 10.3. The third-order valence-electron chi connectivity index (χ3n) is 1.97. The molecule has 0 atom stereocenters. The summed E-state index contributed by atoms with van der Waals surface area (Å²) in [5.74, 6) is 0.0938. The van der Waals surface area contributed by atoms with Gasteiger partial charge in [-0.15, -0.1) is 11.3 Å². The van der Waals surface area contributed by atoms with Crippen molar-refractivity contribution >= 4 is 17.2 Å². The molecule has 0 spiro atoms. The van der Waals surface area contributed by atoms with Gasteiger partial charge in [0.15, 0.2) is 0 Å². The van der Waals surface area contributed by atoms with Crippen molar-refractivity contribution < 1.29 is 4.79 Å². The largest absolute Gasteiger partial charge is 0.356 e. The van der Waals surface area contributed by atoms with E-state index < -0.39 is 0 Å². The highest BCUT2D eigenvalue weighted by molar-refractivity contribution is 7.09. The number of nitrogens with zero attached hydrogens (tertiary/aromatic N) is 1. The van der Waals surface area contributed by atoms with Crippen molar-refractivity contribution in [3.8, 4) is 0 Å². The molecular weight excluding hydrogens is 210 g/mol. The van der Waals surface area contributed by atoms with Gasteiger partial charge in [-0.05, 0) is 14.0 Å². The number of hydrogen-bond acceptors (Lipinski definition) is 4. The van der Waals surface area contributed by atoms with Crippen LogP contribution in [0.15, 0.2) is 5.38 Å². The molecule has 0 radical (unpaired) electrons.